The van der Waals surface area contributed by atoms with Crippen molar-refractivity contribution in [2.24, 2.45) is 0 Å². The normalized spacial score (nSPS) is 12.1. The molecule has 0 aliphatic carbocycles. The average Bonchev–Trinajstić information content (AvgIpc) is 2.94. The average molecular weight is 360 g/mol. The van der Waals surface area contributed by atoms with E-state index >= 15 is 0 Å². The van der Waals surface area contributed by atoms with Crippen molar-refractivity contribution >= 4 is 44.2 Å². The van der Waals surface area contributed by atoms with Crippen molar-refractivity contribution in [3.8, 4) is 0 Å². The van der Waals surface area contributed by atoms with E-state index in [9.17, 15) is 13.2 Å². The Hall–Kier alpha value is -2.37. The number of rotatable bonds is 4. The molecule has 1 heterocycles. The van der Waals surface area contributed by atoms with Crippen molar-refractivity contribution < 1.29 is 13.2 Å². The van der Waals surface area contributed by atoms with Gasteiger partial charge < -0.3 is 4.98 Å². The molecule has 0 spiro atoms. The number of ketones is 1. The van der Waals surface area contributed by atoms with Crippen molar-refractivity contribution in [3.05, 3.63) is 70.9 Å². The van der Waals surface area contributed by atoms with Gasteiger partial charge in [-0.25, -0.2) is 8.42 Å². The van der Waals surface area contributed by atoms with Crippen molar-refractivity contribution in [3.63, 3.8) is 0 Å². The van der Waals surface area contributed by atoms with Gasteiger partial charge in [0.25, 0.3) is 0 Å². The van der Waals surface area contributed by atoms with Crippen molar-refractivity contribution in [1.29, 1.82) is 0 Å². The minimum atomic E-state index is -3.27. The fraction of sp³-hybridized carbons (Fsp3) is 0.0556. The van der Waals surface area contributed by atoms with Crippen LogP contribution in [0.2, 0.25) is 5.02 Å². The van der Waals surface area contributed by atoms with E-state index in [0.29, 0.717) is 10.6 Å². The number of sulfone groups is 1. The maximum absolute atomic E-state index is 12.2. The molecule has 1 aromatic heterocycles. The summed E-state index contributed by atoms with van der Waals surface area (Å²) in [6.45, 7) is 0. The van der Waals surface area contributed by atoms with E-state index in [-0.39, 0.29) is 10.7 Å². The Morgan fingerprint density at radius 2 is 1.83 bits per heavy atom. The molecule has 3 rings (SSSR count). The number of allylic oxidation sites excluding steroid dienone is 1. The quantitative estimate of drug-likeness (QED) is 0.562. The van der Waals surface area contributed by atoms with Crippen LogP contribution in [0.4, 0.5) is 0 Å². The summed E-state index contributed by atoms with van der Waals surface area (Å²) >= 11 is 6.00. The smallest absolute Gasteiger partial charge is 0.185 e. The maximum atomic E-state index is 12.2. The summed E-state index contributed by atoms with van der Waals surface area (Å²) in [5.74, 6) is -0.202. The zero-order valence-corrected chi connectivity index (χ0v) is 14.4. The first kappa shape index (κ1) is 16.5. The molecule has 0 saturated carbocycles. The predicted octanol–water partition coefficient (Wildman–Crippen LogP) is 4.12. The predicted molar refractivity (Wildman–Crippen MR) is 96.2 cm³/mol. The summed E-state index contributed by atoms with van der Waals surface area (Å²) in [7, 11) is -3.27. The van der Waals surface area contributed by atoms with Gasteiger partial charge in [0.2, 0.25) is 0 Å². The highest BCUT2D eigenvalue weighted by Crippen LogP contribution is 2.23. The highest BCUT2D eigenvalue weighted by atomic mass is 35.5. The molecule has 6 heteroatoms. The van der Waals surface area contributed by atoms with Crippen LogP contribution in [0.1, 0.15) is 15.9 Å². The fourth-order valence-electron chi connectivity index (χ4n) is 2.38. The second-order valence-corrected chi connectivity index (χ2v) is 7.88. The fourth-order valence-corrected chi connectivity index (χ4v) is 3.18. The van der Waals surface area contributed by atoms with E-state index in [4.69, 9.17) is 11.6 Å². The first-order chi connectivity index (χ1) is 11.3. The number of halogens is 1. The Labute approximate surface area is 144 Å². The summed E-state index contributed by atoms with van der Waals surface area (Å²) in [6, 6.07) is 11.4. The number of carbonyl (C=O) groups excluding carboxylic acids is 1. The lowest BCUT2D eigenvalue weighted by Gasteiger charge is -1.99. The lowest BCUT2D eigenvalue weighted by molar-refractivity contribution is 0.104. The number of carbonyl (C=O) groups is 1. The number of H-pyrrole nitrogens is 1. The van der Waals surface area contributed by atoms with Crippen molar-refractivity contribution in [1.82, 2.24) is 4.98 Å². The zero-order chi connectivity index (χ0) is 17.3. The zero-order valence-electron chi connectivity index (χ0n) is 12.8. The molecule has 122 valence electrons. The number of fused-ring (bicyclic) bond motifs is 1. The van der Waals surface area contributed by atoms with E-state index < -0.39 is 9.84 Å². The van der Waals surface area contributed by atoms with E-state index in [2.05, 4.69) is 4.98 Å². The molecule has 4 nitrogen and oxygen atoms in total. The minimum absolute atomic E-state index is 0.189. The molecular formula is C18H14ClNO3S. The molecular weight excluding hydrogens is 346 g/mol. The number of aromatic nitrogens is 1. The molecule has 0 bridgehead atoms. The maximum Gasteiger partial charge on any atom is 0.185 e. The molecule has 0 atom stereocenters. The second-order valence-electron chi connectivity index (χ2n) is 5.43. The molecule has 1 N–H and O–H groups in total. The Morgan fingerprint density at radius 3 is 2.50 bits per heavy atom. The van der Waals surface area contributed by atoms with Gasteiger partial charge in [0.15, 0.2) is 15.6 Å². The summed E-state index contributed by atoms with van der Waals surface area (Å²) in [5.41, 5.74) is 2.22. The van der Waals surface area contributed by atoms with Crippen LogP contribution in [0.5, 0.6) is 0 Å². The first-order valence-corrected chi connectivity index (χ1v) is 9.41. The van der Waals surface area contributed by atoms with Crippen molar-refractivity contribution in [2.45, 2.75) is 4.90 Å². The third-order valence-corrected chi connectivity index (χ3v) is 5.02. The summed E-state index contributed by atoms with van der Waals surface area (Å²) in [5, 5.41) is 1.55. The molecule has 0 radical (unpaired) electrons. The Kier molecular flexibility index (Phi) is 4.30. The number of hydrogen-bond donors (Lipinski definition) is 1. The van der Waals surface area contributed by atoms with Gasteiger partial charge in [-0.1, -0.05) is 11.6 Å². The lowest BCUT2D eigenvalue weighted by Crippen LogP contribution is -1.99. The largest absolute Gasteiger partial charge is 0.361 e. The lowest BCUT2D eigenvalue weighted by atomic mass is 10.1. The van der Waals surface area contributed by atoms with Gasteiger partial charge in [-0.05, 0) is 60.2 Å². The van der Waals surface area contributed by atoms with Crippen LogP contribution in [-0.2, 0) is 9.84 Å². The number of nitrogens with one attached hydrogen (secondary N) is 1. The van der Waals surface area contributed by atoms with Crippen LogP contribution in [-0.4, -0.2) is 25.4 Å². The molecule has 0 aliphatic rings. The molecule has 0 amide bonds. The number of hydrogen-bond acceptors (Lipinski definition) is 3. The van der Waals surface area contributed by atoms with E-state index in [1.54, 1.807) is 18.3 Å². The molecule has 0 aliphatic heterocycles. The van der Waals surface area contributed by atoms with Crippen LogP contribution in [0.15, 0.2) is 59.6 Å². The van der Waals surface area contributed by atoms with E-state index in [1.165, 1.54) is 30.3 Å². The van der Waals surface area contributed by atoms with E-state index in [0.717, 1.165) is 22.7 Å². The number of benzene rings is 2. The standard InChI is InChI=1S/C18H14ClNO3S/c1-24(22,23)15-6-2-12(3-7-15)18(21)9-4-13-11-20-17-8-5-14(19)10-16(13)17/h2-11,20H,1H3/b9-4+. The van der Waals surface area contributed by atoms with Crippen LogP contribution in [0.3, 0.4) is 0 Å². The molecule has 2 aromatic carbocycles. The topological polar surface area (TPSA) is 67.0 Å². The molecule has 0 saturated heterocycles. The Balaban J connectivity index is 1.85. The number of aromatic amines is 1. The highest BCUT2D eigenvalue weighted by molar-refractivity contribution is 7.90. The van der Waals surface area contributed by atoms with Crippen LogP contribution in [0, 0.1) is 0 Å². The summed E-state index contributed by atoms with van der Waals surface area (Å²) in [6.07, 6.45) is 6.10. The molecule has 3 aromatic rings. The highest BCUT2D eigenvalue weighted by Gasteiger charge is 2.08. The van der Waals surface area contributed by atoms with Gasteiger partial charge in [0, 0.05) is 33.9 Å². The molecule has 0 fully saturated rings. The van der Waals surface area contributed by atoms with Crippen LogP contribution < -0.4 is 0 Å². The monoisotopic (exact) mass is 359 g/mol. The Bertz CT molecular complexity index is 1050. The third-order valence-electron chi connectivity index (χ3n) is 3.66. The van der Waals surface area contributed by atoms with Crippen molar-refractivity contribution in [2.75, 3.05) is 6.26 Å². The van der Waals surface area contributed by atoms with Crippen LogP contribution in [0.25, 0.3) is 17.0 Å². The third kappa shape index (κ3) is 3.42. The molecule has 24 heavy (non-hydrogen) atoms. The SMILES string of the molecule is CS(=O)(=O)c1ccc(C(=O)/C=C/c2c[nH]c3ccc(Cl)cc23)cc1. The summed E-state index contributed by atoms with van der Waals surface area (Å²) in [4.78, 5) is 15.5. The molecule has 0 unspecified atom stereocenters. The van der Waals surface area contributed by atoms with Gasteiger partial charge in [-0.3, -0.25) is 4.79 Å². The van der Waals surface area contributed by atoms with Gasteiger partial charge in [-0.2, -0.15) is 0 Å². The first-order valence-electron chi connectivity index (χ1n) is 7.14. The second kappa shape index (κ2) is 6.26. The van der Waals surface area contributed by atoms with Gasteiger partial charge in [0.05, 0.1) is 4.90 Å². The van der Waals surface area contributed by atoms with Gasteiger partial charge in [0.1, 0.15) is 0 Å². The Morgan fingerprint density at radius 1 is 1.12 bits per heavy atom. The van der Waals surface area contributed by atoms with E-state index in [1.807, 2.05) is 12.1 Å². The minimum Gasteiger partial charge on any atom is -0.361 e. The summed E-state index contributed by atoms with van der Waals surface area (Å²) < 4.78 is 22.9. The van der Waals surface area contributed by atoms with Crippen LogP contribution >= 0.6 is 11.6 Å². The van der Waals surface area contributed by atoms with Gasteiger partial charge >= 0.3 is 0 Å². The van der Waals surface area contributed by atoms with Gasteiger partial charge in [-0.15, -0.1) is 0 Å².